The molecule has 0 aromatic heterocycles. The van der Waals surface area contributed by atoms with E-state index in [0.29, 0.717) is 0 Å². The summed E-state index contributed by atoms with van der Waals surface area (Å²) in [6.07, 6.45) is 0. The van der Waals surface area contributed by atoms with Crippen molar-refractivity contribution in [1.29, 1.82) is 0 Å². The van der Waals surface area contributed by atoms with Crippen LogP contribution in [0.2, 0.25) is 0 Å². The fourth-order valence-corrected chi connectivity index (χ4v) is 0. The molecule has 4 radical (unpaired) electrons. The van der Waals surface area contributed by atoms with E-state index in [-0.39, 0.29) is 91.9 Å². The Kier molecular flexibility index (Phi) is 289. The Balaban J connectivity index is 0. The zero-order valence-electron chi connectivity index (χ0n) is 4.78. The van der Waals surface area contributed by atoms with Gasteiger partial charge < -0.3 is 2.85 Å². The standard InChI is InChI=1S/B.Mg.Mn.Mo.Zn.2H/q;+2;;;;2*-1. The average Bonchev–Trinajstić information content (AvgIpc) is 0. The zero-order chi connectivity index (χ0) is 0. The van der Waals surface area contributed by atoms with Gasteiger partial charge in [0.25, 0.3) is 0 Å². The number of hydrogen-bond acceptors (Lipinski definition) is 0. The first-order chi connectivity index (χ1) is 0. The summed E-state index contributed by atoms with van der Waals surface area (Å²) in [5.41, 5.74) is 0. The number of rotatable bonds is 0. The summed E-state index contributed by atoms with van der Waals surface area (Å²) in [6.45, 7) is 0. The first-order valence-corrected chi connectivity index (χ1v) is 0. The first-order valence-electron chi connectivity index (χ1n) is 0. The second-order valence-electron chi connectivity index (χ2n) is 0. The van der Waals surface area contributed by atoms with Gasteiger partial charge in [0.05, 0.1) is 0 Å². The molecule has 0 aliphatic rings. The van der Waals surface area contributed by atoms with Crippen LogP contribution >= 0.6 is 0 Å². The first kappa shape index (κ1) is 48.0. The minimum absolute atomic E-state index is 0. The molecule has 0 aliphatic heterocycles. The van der Waals surface area contributed by atoms with Crippen LogP contribution in [0.5, 0.6) is 0 Å². The summed E-state index contributed by atoms with van der Waals surface area (Å²) in [6, 6.07) is 0. The van der Waals surface area contributed by atoms with E-state index in [1.807, 2.05) is 0 Å². The van der Waals surface area contributed by atoms with Crippen molar-refractivity contribution in [3.63, 3.8) is 0 Å². The van der Waals surface area contributed by atoms with Gasteiger partial charge in [-0.1, -0.05) is 0 Å². The number of hydrogen-bond donors (Lipinski definition) is 0. The van der Waals surface area contributed by atoms with Crippen LogP contribution < -0.4 is 0 Å². The summed E-state index contributed by atoms with van der Waals surface area (Å²) in [4.78, 5) is 0. The Morgan fingerprint density at radius 3 is 1.20 bits per heavy atom. The molecule has 0 aromatic carbocycles. The van der Waals surface area contributed by atoms with Crippen LogP contribution in [0.25, 0.3) is 0 Å². The second kappa shape index (κ2) is 30.1. The fourth-order valence-electron chi connectivity index (χ4n) is 0. The van der Waals surface area contributed by atoms with E-state index in [9.17, 15) is 0 Å². The summed E-state index contributed by atoms with van der Waals surface area (Å²) in [7, 11) is 0. The van der Waals surface area contributed by atoms with E-state index in [2.05, 4.69) is 0 Å². The van der Waals surface area contributed by atoms with Crippen molar-refractivity contribution in [2.24, 2.45) is 0 Å². The Morgan fingerprint density at radius 2 is 1.20 bits per heavy atom. The van der Waals surface area contributed by atoms with E-state index < -0.39 is 0 Å². The molecule has 0 saturated heterocycles. The molecule has 0 fully saturated rings. The molecule has 5 heteroatoms. The van der Waals surface area contributed by atoms with Crippen molar-refractivity contribution < 1.29 is 60.5 Å². The predicted octanol–water partition coefficient (Wildman–Crippen LogP) is -0.544. The van der Waals surface area contributed by atoms with Crippen LogP contribution in [0.4, 0.5) is 0 Å². The van der Waals surface area contributed by atoms with Crippen LogP contribution in [0, 0.1) is 0 Å². The summed E-state index contributed by atoms with van der Waals surface area (Å²) in [5.74, 6) is 0. The smallest absolute Gasteiger partial charge is 1.00 e. The molecule has 22 valence electrons. The third-order valence-electron chi connectivity index (χ3n) is 0. The maximum atomic E-state index is 0. The minimum atomic E-state index is 0. The van der Waals surface area contributed by atoms with Crippen LogP contribution in [0.1, 0.15) is 2.85 Å². The maximum absolute atomic E-state index is 0. The Labute approximate surface area is 90.8 Å². The summed E-state index contributed by atoms with van der Waals surface area (Å²) in [5, 5.41) is 0. The molecule has 0 heterocycles. The Morgan fingerprint density at radius 1 is 1.20 bits per heavy atom. The van der Waals surface area contributed by atoms with Crippen LogP contribution in [-0.2, 0) is 57.6 Å². The molecule has 0 aromatic rings. The van der Waals surface area contributed by atoms with E-state index in [4.69, 9.17) is 0 Å². The van der Waals surface area contributed by atoms with Gasteiger partial charge in [0.15, 0.2) is 0 Å². The molecule has 0 spiro atoms. The van der Waals surface area contributed by atoms with Gasteiger partial charge in [-0.25, -0.2) is 0 Å². The molecular formula is H2BMgMnMoZn. The Bertz CT molecular complexity index is 17.7. The average molecular weight is 253 g/mol. The maximum Gasteiger partial charge on any atom is 2.00 e. The molecule has 0 nitrogen and oxygen atoms in total. The van der Waals surface area contributed by atoms with Crippen molar-refractivity contribution in [3.8, 4) is 0 Å². The summed E-state index contributed by atoms with van der Waals surface area (Å²) < 4.78 is 0. The predicted molar refractivity (Wildman–Crippen MR) is 13.7 cm³/mol. The second-order valence-corrected chi connectivity index (χ2v) is 0. The van der Waals surface area contributed by atoms with Gasteiger partial charge in [0.2, 0.25) is 0 Å². The van der Waals surface area contributed by atoms with Crippen LogP contribution in [0.3, 0.4) is 0 Å². The third-order valence-corrected chi connectivity index (χ3v) is 0. The van der Waals surface area contributed by atoms with Crippen LogP contribution in [-0.4, -0.2) is 31.5 Å². The molecular weight excluding hydrogens is 251 g/mol. The largest absolute Gasteiger partial charge is 2.00 e. The monoisotopic (exact) mass is 254 g/mol. The van der Waals surface area contributed by atoms with Gasteiger partial charge in [0.1, 0.15) is 0 Å². The van der Waals surface area contributed by atoms with Gasteiger partial charge in [-0.15, -0.1) is 0 Å². The fraction of sp³-hybridized carbons (Fsp3) is 0. The SMILES string of the molecule is [B].[H-].[H-].[Mg+2].[Mn].[Mo].[Zn]. The zero-order valence-corrected chi connectivity index (χ0v) is 10.3. The van der Waals surface area contributed by atoms with Gasteiger partial charge in [0, 0.05) is 66.0 Å². The molecule has 5 heavy (non-hydrogen) atoms. The third kappa shape index (κ3) is 20.4. The molecule has 0 rings (SSSR count). The van der Waals surface area contributed by atoms with Gasteiger partial charge in [-0.3, -0.25) is 0 Å². The van der Waals surface area contributed by atoms with Crippen molar-refractivity contribution in [2.75, 3.05) is 0 Å². The normalized spacial score (nSPS) is 0. The quantitative estimate of drug-likeness (QED) is 0.509. The minimum Gasteiger partial charge on any atom is -1.00 e. The van der Waals surface area contributed by atoms with E-state index in [0.717, 1.165) is 0 Å². The molecule has 0 bridgehead atoms. The molecule has 0 atom stereocenters. The Hall–Kier alpha value is 2.66. The molecule has 0 N–H and O–H groups in total. The topological polar surface area (TPSA) is 0 Å². The molecule has 0 saturated carbocycles. The van der Waals surface area contributed by atoms with Crippen molar-refractivity contribution in [1.82, 2.24) is 0 Å². The summed E-state index contributed by atoms with van der Waals surface area (Å²) >= 11 is 0. The van der Waals surface area contributed by atoms with E-state index in [1.165, 1.54) is 0 Å². The van der Waals surface area contributed by atoms with Crippen molar-refractivity contribution in [2.45, 2.75) is 0 Å². The van der Waals surface area contributed by atoms with Gasteiger partial charge in [-0.05, 0) is 0 Å². The van der Waals surface area contributed by atoms with Crippen LogP contribution in [0.15, 0.2) is 0 Å². The van der Waals surface area contributed by atoms with E-state index in [1.54, 1.807) is 0 Å². The molecule has 0 unspecified atom stereocenters. The van der Waals surface area contributed by atoms with Gasteiger partial charge in [-0.2, -0.15) is 0 Å². The molecule has 0 aliphatic carbocycles. The van der Waals surface area contributed by atoms with Gasteiger partial charge >= 0.3 is 23.1 Å². The molecule has 0 amide bonds. The van der Waals surface area contributed by atoms with Crippen molar-refractivity contribution in [3.05, 3.63) is 0 Å². The van der Waals surface area contributed by atoms with E-state index >= 15 is 0 Å². The van der Waals surface area contributed by atoms with Crippen molar-refractivity contribution >= 4 is 31.5 Å².